The first-order chi connectivity index (χ1) is 13.3. The van der Waals surface area contributed by atoms with Crippen molar-refractivity contribution >= 4 is 28.0 Å². The van der Waals surface area contributed by atoms with Gasteiger partial charge in [-0.1, -0.05) is 48.5 Å². The molecular weight excluding hydrogens is 384 g/mol. The lowest BCUT2D eigenvalue weighted by Gasteiger charge is -2.22. The molecule has 1 heterocycles. The average Bonchev–Trinajstić information content (AvgIpc) is 2.89. The SMILES string of the molecule is CC(c1ccccc1)N1C(=O)C(=O)N(CCS(=O)(=O)Oc2ccccc2)C1=O. The fourth-order valence-electron chi connectivity index (χ4n) is 2.81. The number of benzene rings is 2. The number of urea groups is 1. The molecule has 1 atom stereocenters. The van der Waals surface area contributed by atoms with Crippen LogP contribution in [0.4, 0.5) is 4.79 Å². The molecule has 1 aliphatic rings. The standard InChI is InChI=1S/C19H18N2O6S/c1-14(15-8-4-2-5-9-15)21-18(23)17(22)20(19(21)24)12-13-28(25,26)27-16-10-6-3-7-11-16/h2-11,14H,12-13H2,1H3. The zero-order valence-corrected chi connectivity index (χ0v) is 15.8. The lowest BCUT2D eigenvalue weighted by atomic mass is 10.1. The quantitative estimate of drug-likeness (QED) is 0.399. The van der Waals surface area contributed by atoms with Crippen molar-refractivity contribution in [3.05, 3.63) is 66.2 Å². The number of para-hydroxylation sites is 1. The van der Waals surface area contributed by atoms with E-state index in [0.29, 0.717) is 10.5 Å². The predicted octanol–water partition coefficient (Wildman–Crippen LogP) is 1.95. The molecule has 28 heavy (non-hydrogen) atoms. The van der Waals surface area contributed by atoms with Gasteiger partial charge in [0.05, 0.1) is 6.04 Å². The molecule has 0 spiro atoms. The molecule has 4 amide bonds. The topological polar surface area (TPSA) is 101 Å². The van der Waals surface area contributed by atoms with Crippen LogP contribution in [-0.2, 0) is 19.7 Å². The monoisotopic (exact) mass is 402 g/mol. The van der Waals surface area contributed by atoms with Gasteiger partial charge in [-0.15, -0.1) is 0 Å². The second-order valence-electron chi connectivity index (χ2n) is 6.16. The first-order valence-corrected chi connectivity index (χ1v) is 10.1. The Hall–Kier alpha value is -3.20. The third-order valence-corrected chi connectivity index (χ3v) is 5.41. The van der Waals surface area contributed by atoms with Crippen molar-refractivity contribution in [2.24, 2.45) is 0 Å². The van der Waals surface area contributed by atoms with E-state index in [2.05, 4.69) is 0 Å². The van der Waals surface area contributed by atoms with Crippen molar-refractivity contribution in [1.82, 2.24) is 9.80 Å². The molecule has 9 heteroatoms. The van der Waals surface area contributed by atoms with Crippen LogP contribution in [0.15, 0.2) is 60.7 Å². The molecule has 0 N–H and O–H groups in total. The molecule has 1 saturated heterocycles. The van der Waals surface area contributed by atoms with E-state index in [1.807, 2.05) is 0 Å². The Balaban J connectivity index is 1.70. The Labute approximate surface area is 162 Å². The van der Waals surface area contributed by atoms with Crippen LogP contribution in [0.2, 0.25) is 0 Å². The number of amides is 4. The summed E-state index contributed by atoms with van der Waals surface area (Å²) in [5.74, 6) is -2.54. The summed E-state index contributed by atoms with van der Waals surface area (Å²) < 4.78 is 29.2. The number of hydrogen-bond donors (Lipinski definition) is 0. The lowest BCUT2D eigenvalue weighted by Crippen LogP contribution is -2.37. The van der Waals surface area contributed by atoms with E-state index in [1.54, 1.807) is 55.5 Å². The summed E-state index contributed by atoms with van der Waals surface area (Å²) in [5.41, 5.74) is 0.680. The van der Waals surface area contributed by atoms with E-state index < -0.39 is 46.3 Å². The van der Waals surface area contributed by atoms with Crippen LogP contribution in [0.5, 0.6) is 5.75 Å². The maximum atomic E-state index is 12.6. The minimum atomic E-state index is -4.05. The number of carbonyl (C=O) groups excluding carboxylic acids is 3. The predicted molar refractivity (Wildman–Crippen MR) is 99.7 cm³/mol. The van der Waals surface area contributed by atoms with Crippen molar-refractivity contribution in [1.29, 1.82) is 0 Å². The first kappa shape index (κ1) is 19.6. The number of imide groups is 2. The molecule has 3 rings (SSSR count). The van der Waals surface area contributed by atoms with Gasteiger partial charge in [0.1, 0.15) is 11.5 Å². The summed E-state index contributed by atoms with van der Waals surface area (Å²) in [6.45, 7) is 1.15. The lowest BCUT2D eigenvalue weighted by molar-refractivity contribution is -0.143. The molecule has 0 saturated carbocycles. The molecule has 146 valence electrons. The smallest absolute Gasteiger partial charge is 0.334 e. The summed E-state index contributed by atoms with van der Waals surface area (Å²) in [6.07, 6.45) is 0. The van der Waals surface area contributed by atoms with Gasteiger partial charge in [0, 0.05) is 6.54 Å². The van der Waals surface area contributed by atoms with Crippen LogP contribution in [0.1, 0.15) is 18.5 Å². The summed E-state index contributed by atoms with van der Waals surface area (Å²) >= 11 is 0. The van der Waals surface area contributed by atoms with E-state index in [4.69, 9.17) is 4.18 Å². The fraction of sp³-hybridized carbons (Fsp3) is 0.211. The molecule has 0 aliphatic carbocycles. The van der Waals surface area contributed by atoms with Gasteiger partial charge < -0.3 is 4.18 Å². The van der Waals surface area contributed by atoms with Gasteiger partial charge in [0.15, 0.2) is 0 Å². The van der Waals surface area contributed by atoms with Crippen molar-refractivity contribution in [2.75, 3.05) is 12.3 Å². The zero-order chi connectivity index (χ0) is 20.3. The van der Waals surface area contributed by atoms with Crippen molar-refractivity contribution in [2.45, 2.75) is 13.0 Å². The average molecular weight is 402 g/mol. The van der Waals surface area contributed by atoms with Crippen LogP contribution < -0.4 is 4.18 Å². The Morgan fingerprint density at radius 1 is 0.893 bits per heavy atom. The highest BCUT2D eigenvalue weighted by Crippen LogP contribution is 2.26. The summed E-state index contributed by atoms with van der Waals surface area (Å²) in [5, 5.41) is 0. The van der Waals surface area contributed by atoms with Crippen molar-refractivity contribution in [3.63, 3.8) is 0 Å². The third-order valence-electron chi connectivity index (χ3n) is 4.28. The normalized spacial score (nSPS) is 15.8. The molecule has 1 fully saturated rings. The number of carbonyl (C=O) groups is 3. The molecule has 1 unspecified atom stereocenters. The minimum absolute atomic E-state index is 0.122. The molecule has 8 nitrogen and oxygen atoms in total. The summed E-state index contributed by atoms with van der Waals surface area (Å²) in [6, 6.07) is 15.1. The summed E-state index contributed by atoms with van der Waals surface area (Å²) in [7, 11) is -4.05. The molecule has 0 bridgehead atoms. The zero-order valence-electron chi connectivity index (χ0n) is 15.0. The van der Waals surface area contributed by atoms with Gasteiger partial charge >= 0.3 is 28.0 Å². The van der Waals surface area contributed by atoms with Crippen LogP contribution in [0.3, 0.4) is 0 Å². The van der Waals surface area contributed by atoms with Crippen LogP contribution in [-0.4, -0.2) is 48.4 Å². The first-order valence-electron chi connectivity index (χ1n) is 8.51. The van der Waals surface area contributed by atoms with Crippen LogP contribution in [0.25, 0.3) is 0 Å². The van der Waals surface area contributed by atoms with Crippen molar-refractivity contribution in [3.8, 4) is 5.75 Å². The fourth-order valence-corrected chi connectivity index (χ4v) is 3.70. The Morgan fingerprint density at radius 2 is 1.46 bits per heavy atom. The number of nitrogens with zero attached hydrogens (tertiary/aromatic N) is 2. The Bertz CT molecular complexity index is 992. The molecule has 1 aliphatic heterocycles. The maximum Gasteiger partial charge on any atom is 0.334 e. The minimum Gasteiger partial charge on any atom is -0.382 e. The number of rotatable bonds is 7. The van der Waals surface area contributed by atoms with Gasteiger partial charge in [-0.05, 0) is 24.6 Å². The van der Waals surface area contributed by atoms with Gasteiger partial charge in [-0.3, -0.25) is 14.5 Å². The highest BCUT2D eigenvalue weighted by molar-refractivity contribution is 7.87. The highest BCUT2D eigenvalue weighted by atomic mass is 32.2. The van der Waals surface area contributed by atoms with E-state index in [9.17, 15) is 22.8 Å². The highest BCUT2D eigenvalue weighted by Gasteiger charge is 2.47. The molecule has 2 aromatic carbocycles. The van der Waals surface area contributed by atoms with Gasteiger partial charge in [0.2, 0.25) is 0 Å². The van der Waals surface area contributed by atoms with E-state index in [1.165, 1.54) is 12.1 Å². The molecule has 2 aromatic rings. The van der Waals surface area contributed by atoms with E-state index >= 15 is 0 Å². The molecular formula is C19H18N2O6S. The summed E-state index contributed by atoms with van der Waals surface area (Å²) in [4.78, 5) is 38.6. The second-order valence-corrected chi connectivity index (χ2v) is 7.85. The maximum absolute atomic E-state index is 12.6. The van der Waals surface area contributed by atoms with Gasteiger partial charge in [-0.25, -0.2) is 9.69 Å². The van der Waals surface area contributed by atoms with Gasteiger partial charge in [-0.2, -0.15) is 8.42 Å². The largest absolute Gasteiger partial charge is 0.382 e. The molecule has 0 radical (unpaired) electrons. The van der Waals surface area contributed by atoms with Crippen LogP contribution in [0, 0.1) is 0 Å². The molecule has 0 aromatic heterocycles. The second kappa shape index (κ2) is 7.81. The van der Waals surface area contributed by atoms with Crippen molar-refractivity contribution < 1.29 is 27.0 Å². The third kappa shape index (κ3) is 4.04. The van der Waals surface area contributed by atoms with Crippen LogP contribution >= 0.6 is 0 Å². The van der Waals surface area contributed by atoms with Gasteiger partial charge in [0.25, 0.3) is 0 Å². The Morgan fingerprint density at radius 3 is 2.07 bits per heavy atom. The van der Waals surface area contributed by atoms with E-state index in [0.717, 1.165) is 4.90 Å². The number of hydrogen-bond acceptors (Lipinski definition) is 6. The Kier molecular flexibility index (Phi) is 5.46. The van der Waals surface area contributed by atoms with E-state index in [-0.39, 0.29) is 5.75 Å².